The molecule has 18 heavy (non-hydrogen) atoms. The number of halogens is 1. The molecule has 0 bridgehead atoms. The van der Waals surface area contributed by atoms with Crippen LogP contribution in [0.4, 0.5) is 0 Å². The molecule has 1 aromatic heterocycles. The highest BCUT2D eigenvalue weighted by Crippen LogP contribution is 2.14. The standard InChI is InChI=1S/C12H12IN3O2/c1-3-18-12(17)11-8(2)16(15-14-11)10-6-4-9(13)5-7-10/h4-7H,3H2,1-2H3. The lowest BCUT2D eigenvalue weighted by molar-refractivity contribution is 0.0518. The van der Waals surface area contributed by atoms with Gasteiger partial charge in [0.25, 0.3) is 0 Å². The molecule has 5 nitrogen and oxygen atoms in total. The highest BCUT2D eigenvalue weighted by Gasteiger charge is 2.17. The van der Waals surface area contributed by atoms with Gasteiger partial charge < -0.3 is 4.74 Å². The molecule has 1 heterocycles. The van der Waals surface area contributed by atoms with Crippen molar-refractivity contribution in [2.45, 2.75) is 13.8 Å². The van der Waals surface area contributed by atoms with Gasteiger partial charge in [-0.2, -0.15) is 0 Å². The van der Waals surface area contributed by atoms with Crippen molar-refractivity contribution in [3.63, 3.8) is 0 Å². The van der Waals surface area contributed by atoms with Crippen LogP contribution in [0, 0.1) is 10.5 Å². The van der Waals surface area contributed by atoms with Gasteiger partial charge in [-0.1, -0.05) is 5.21 Å². The Morgan fingerprint density at radius 2 is 2.06 bits per heavy atom. The van der Waals surface area contributed by atoms with E-state index in [1.807, 2.05) is 24.3 Å². The zero-order valence-electron chi connectivity index (χ0n) is 10.1. The van der Waals surface area contributed by atoms with E-state index in [0.29, 0.717) is 12.3 Å². The Kier molecular flexibility index (Phi) is 3.95. The van der Waals surface area contributed by atoms with Crippen molar-refractivity contribution in [2.24, 2.45) is 0 Å². The van der Waals surface area contributed by atoms with Crippen LogP contribution in [0.5, 0.6) is 0 Å². The first-order valence-corrected chi connectivity index (χ1v) is 6.56. The highest BCUT2D eigenvalue weighted by atomic mass is 127. The first-order valence-electron chi connectivity index (χ1n) is 5.49. The quantitative estimate of drug-likeness (QED) is 0.625. The molecule has 0 amide bonds. The van der Waals surface area contributed by atoms with Gasteiger partial charge in [0.2, 0.25) is 0 Å². The molecule has 0 aliphatic rings. The Labute approximate surface area is 118 Å². The number of carbonyl (C=O) groups excluding carboxylic acids is 1. The maximum Gasteiger partial charge on any atom is 0.360 e. The summed E-state index contributed by atoms with van der Waals surface area (Å²) >= 11 is 2.23. The number of aromatic nitrogens is 3. The predicted octanol–water partition coefficient (Wildman–Crippen LogP) is 2.36. The van der Waals surface area contributed by atoms with Gasteiger partial charge in [-0.05, 0) is 60.7 Å². The molecule has 0 spiro atoms. The number of carbonyl (C=O) groups is 1. The summed E-state index contributed by atoms with van der Waals surface area (Å²) in [6, 6.07) is 7.80. The summed E-state index contributed by atoms with van der Waals surface area (Å²) in [6.07, 6.45) is 0. The normalized spacial score (nSPS) is 10.4. The van der Waals surface area contributed by atoms with Gasteiger partial charge in [0, 0.05) is 3.57 Å². The lowest BCUT2D eigenvalue weighted by Gasteiger charge is -2.03. The summed E-state index contributed by atoms with van der Waals surface area (Å²) in [6.45, 7) is 3.88. The Morgan fingerprint density at radius 1 is 1.39 bits per heavy atom. The zero-order valence-corrected chi connectivity index (χ0v) is 12.2. The van der Waals surface area contributed by atoms with Crippen LogP contribution in [0.15, 0.2) is 24.3 Å². The Morgan fingerprint density at radius 3 is 2.67 bits per heavy atom. The minimum Gasteiger partial charge on any atom is -0.461 e. The fraction of sp³-hybridized carbons (Fsp3) is 0.250. The lowest BCUT2D eigenvalue weighted by Crippen LogP contribution is -2.07. The fourth-order valence-electron chi connectivity index (χ4n) is 1.54. The number of nitrogens with zero attached hydrogens (tertiary/aromatic N) is 3. The van der Waals surface area contributed by atoms with Gasteiger partial charge in [0.1, 0.15) is 0 Å². The van der Waals surface area contributed by atoms with E-state index in [9.17, 15) is 4.79 Å². The van der Waals surface area contributed by atoms with Gasteiger partial charge in [-0.25, -0.2) is 9.48 Å². The van der Waals surface area contributed by atoms with Crippen LogP contribution in [0.1, 0.15) is 23.1 Å². The highest BCUT2D eigenvalue weighted by molar-refractivity contribution is 14.1. The summed E-state index contributed by atoms with van der Waals surface area (Å²) in [7, 11) is 0. The molecule has 0 atom stereocenters. The summed E-state index contributed by atoms with van der Waals surface area (Å²) in [5.74, 6) is -0.438. The molecule has 0 aliphatic carbocycles. The fourth-order valence-corrected chi connectivity index (χ4v) is 1.90. The van der Waals surface area contributed by atoms with Crippen molar-refractivity contribution in [3.05, 3.63) is 39.2 Å². The van der Waals surface area contributed by atoms with Crippen molar-refractivity contribution in [1.82, 2.24) is 15.0 Å². The number of rotatable bonds is 3. The Balaban J connectivity index is 2.36. The SMILES string of the molecule is CCOC(=O)c1nnn(-c2ccc(I)cc2)c1C. The van der Waals surface area contributed by atoms with Crippen molar-refractivity contribution >= 4 is 28.6 Å². The number of hydrogen-bond acceptors (Lipinski definition) is 4. The predicted molar refractivity (Wildman–Crippen MR) is 74.8 cm³/mol. The third-order valence-electron chi connectivity index (χ3n) is 2.43. The van der Waals surface area contributed by atoms with Crippen LogP contribution < -0.4 is 0 Å². The van der Waals surface area contributed by atoms with Crippen LogP contribution in [-0.2, 0) is 4.74 Å². The van der Waals surface area contributed by atoms with Crippen molar-refractivity contribution < 1.29 is 9.53 Å². The minimum absolute atomic E-state index is 0.260. The molecule has 0 saturated carbocycles. The van der Waals surface area contributed by atoms with E-state index in [1.54, 1.807) is 18.5 Å². The molecule has 0 fully saturated rings. The molecule has 0 N–H and O–H groups in total. The largest absolute Gasteiger partial charge is 0.461 e. The van der Waals surface area contributed by atoms with Crippen molar-refractivity contribution in [3.8, 4) is 5.69 Å². The molecule has 94 valence electrons. The molecular formula is C12H12IN3O2. The smallest absolute Gasteiger partial charge is 0.360 e. The summed E-state index contributed by atoms with van der Waals surface area (Å²) in [4.78, 5) is 11.6. The first-order chi connectivity index (χ1) is 8.63. The molecule has 0 saturated heterocycles. The molecule has 6 heteroatoms. The van der Waals surface area contributed by atoms with Gasteiger partial charge >= 0.3 is 5.97 Å². The molecule has 0 unspecified atom stereocenters. The second kappa shape index (κ2) is 5.47. The van der Waals surface area contributed by atoms with E-state index in [-0.39, 0.29) is 5.69 Å². The van der Waals surface area contributed by atoms with E-state index in [4.69, 9.17) is 4.74 Å². The third kappa shape index (κ3) is 2.53. The second-order valence-corrected chi connectivity index (χ2v) is 4.88. The number of ether oxygens (including phenoxy) is 1. The van der Waals surface area contributed by atoms with E-state index < -0.39 is 5.97 Å². The second-order valence-electron chi connectivity index (χ2n) is 3.63. The summed E-state index contributed by atoms with van der Waals surface area (Å²) in [5.41, 5.74) is 1.81. The Bertz CT molecular complexity index is 563. The van der Waals surface area contributed by atoms with E-state index >= 15 is 0 Å². The third-order valence-corrected chi connectivity index (χ3v) is 3.15. The first kappa shape index (κ1) is 13.0. The molecular weight excluding hydrogens is 345 g/mol. The molecule has 2 aromatic rings. The number of esters is 1. The minimum atomic E-state index is -0.438. The van der Waals surface area contributed by atoms with Crippen LogP contribution in [0.3, 0.4) is 0 Å². The lowest BCUT2D eigenvalue weighted by atomic mass is 10.3. The van der Waals surface area contributed by atoms with Gasteiger partial charge in [-0.15, -0.1) is 5.10 Å². The van der Waals surface area contributed by atoms with E-state index in [1.165, 1.54) is 0 Å². The van der Waals surface area contributed by atoms with E-state index in [2.05, 4.69) is 32.9 Å². The maximum absolute atomic E-state index is 11.6. The topological polar surface area (TPSA) is 57.0 Å². The van der Waals surface area contributed by atoms with Crippen LogP contribution in [0.2, 0.25) is 0 Å². The molecule has 0 radical (unpaired) electrons. The zero-order chi connectivity index (χ0) is 13.1. The molecule has 0 aliphatic heterocycles. The van der Waals surface area contributed by atoms with Gasteiger partial charge in [0.05, 0.1) is 18.0 Å². The average Bonchev–Trinajstić information content (AvgIpc) is 2.73. The van der Waals surface area contributed by atoms with Crippen molar-refractivity contribution in [1.29, 1.82) is 0 Å². The van der Waals surface area contributed by atoms with Crippen LogP contribution >= 0.6 is 22.6 Å². The van der Waals surface area contributed by atoms with E-state index in [0.717, 1.165) is 9.26 Å². The van der Waals surface area contributed by atoms with Gasteiger partial charge in [-0.3, -0.25) is 0 Å². The number of benzene rings is 1. The summed E-state index contributed by atoms with van der Waals surface area (Å²) < 4.78 is 7.69. The van der Waals surface area contributed by atoms with Gasteiger partial charge in [0.15, 0.2) is 5.69 Å². The average molecular weight is 357 g/mol. The molecule has 1 aromatic carbocycles. The summed E-state index contributed by atoms with van der Waals surface area (Å²) in [5, 5.41) is 7.85. The van der Waals surface area contributed by atoms with Crippen LogP contribution in [-0.4, -0.2) is 27.6 Å². The van der Waals surface area contributed by atoms with Crippen LogP contribution in [0.25, 0.3) is 5.69 Å². The molecule has 2 rings (SSSR count). The Hall–Kier alpha value is -1.44. The maximum atomic E-state index is 11.6. The van der Waals surface area contributed by atoms with Crippen molar-refractivity contribution in [2.75, 3.05) is 6.61 Å². The monoisotopic (exact) mass is 357 g/mol. The number of hydrogen-bond donors (Lipinski definition) is 0.